The highest BCUT2D eigenvalue weighted by atomic mass is 32.1. The van der Waals surface area contributed by atoms with Crippen LogP contribution in [0.1, 0.15) is 23.0 Å². The molecule has 84 valence electrons. The Morgan fingerprint density at radius 1 is 1.62 bits per heavy atom. The van der Waals surface area contributed by atoms with Crippen molar-refractivity contribution >= 4 is 17.5 Å². The number of ether oxygens (including phenoxy) is 1. The first-order valence-corrected chi connectivity index (χ1v) is 5.61. The summed E-state index contributed by atoms with van der Waals surface area (Å²) in [5.74, 6) is 0.689. The van der Waals surface area contributed by atoms with E-state index in [2.05, 4.69) is 9.59 Å². The number of furan rings is 1. The molecule has 0 aliphatic rings. The third kappa shape index (κ3) is 1.96. The molecule has 0 saturated carbocycles. The van der Waals surface area contributed by atoms with Gasteiger partial charge in [-0.15, -0.1) is 5.10 Å². The number of aryl methyl sites for hydroxylation is 1. The molecular weight excluding hydrogens is 228 g/mol. The van der Waals surface area contributed by atoms with E-state index >= 15 is 0 Å². The molecule has 5 nitrogen and oxygen atoms in total. The molecule has 0 unspecified atom stereocenters. The molecule has 0 bridgehead atoms. The lowest BCUT2D eigenvalue weighted by molar-refractivity contribution is 0.0524. The number of rotatable bonds is 3. The summed E-state index contributed by atoms with van der Waals surface area (Å²) in [5.41, 5.74) is 1.06. The summed E-state index contributed by atoms with van der Waals surface area (Å²) >= 11 is 1.23. The number of aromatic nitrogens is 2. The minimum absolute atomic E-state index is 0.344. The van der Waals surface area contributed by atoms with Gasteiger partial charge in [-0.05, 0) is 25.4 Å². The number of carbonyl (C=O) groups excluding carboxylic acids is 1. The van der Waals surface area contributed by atoms with E-state index in [9.17, 15) is 4.79 Å². The van der Waals surface area contributed by atoms with Crippen molar-refractivity contribution in [1.29, 1.82) is 0 Å². The maximum Gasteiger partial charge on any atom is 0.341 e. The minimum atomic E-state index is -0.377. The van der Waals surface area contributed by atoms with Gasteiger partial charge in [-0.3, -0.25) is 0 Å². The van der Waals surface area contributed by atoms with Crippen molar-refractivity contribution in [1.82, 2.24) is 9.59 Å². The molecule has 0 aliphatic heterocycles. The van der Waals surface area contributed by atoms with Crippen LogP contribution in [0.4, 0.5) is 0 Å². The van der Waals surface area contributed by atoms with Crippen LogP contribution in [0.25, 0.3) is 11.5 Å². The monoisotopic (exact) mass is 238 g/mol. The zero-order chi connectivity index (χ0) is 11.5. The molecular formula is C10H10N2O3S. The Kier molecular flexibility index (Phi) is 3.00. The molecule has 0 N–H and O–H groups in total. The smallest absolute Gasteiger partial charge is 0.341 e. The molecule has 0 radical (unpaired) electrons. The van der Waals surface area contributed by atoms with Crippen molar-refractivity contribution < 1.29 is 13.9 Å². The van der Waals surface area contributed by atoms with E-state index in [-0.39, 0.29) is 5.97 Å². The van der Waals surface area contributed by atoms with Crippen molar-refractivity contribution in [2.24, 2.45) is 0 Å². The lowest BCUT2D eigenvalue weighted by Gasteiger charge is -1.97. The average molecular weight is 238 g/mol. The Hall–Kier alpha value is -1.69. The summed E-state index contributed by atoms with van der Waals surface area (Å²) in [6.07, 6.45) is 0. The van der Waals surface area contributed by atoms with Gasteiger partial charge in [0.1, 0.15) is 17.0 Å². The van der Waals surface area contributed by atoms with Crippen LogP contribution in [-0.4, -0.2) is 22.2 Å². The van der Waals surface area contributed by atoms with Gasteiger partial charge in [-0.2, -0.15) is 0 Å². The Bertz CT molecular complexity index is 490. The first-order valence-electron chi connectivity index (χ1n) is 4.77. The van der Waals surface area contributed by atoms with Crippen LogP contribution in [0, 0.1) is 6.92 Å². The zero-order valence-electron chi connectivity index (χ0n) is 8.89. The minimum Gasteiger partial charge on any atom is -0.462 e. The lowest BCUT2D eigenvalue weighted by atomic mass is 10.2. The van der Waals surface area contributed by atoms with Gasteiger partial charge in [-0.1, -0.05) is 4.49 Å². The van der Waals surface area contributed by atoms with E-state index in [4.69, 9.17) is 9.15 Å². The number of hydrogen-bond acceptors (Lipinski definition) is 6. The number of esters is 1. The van der Waals surface area contributed by atoms with E-state index in [1.807, 2.05) is 0 Å². The van der Waals surface area contributed by atoms with Crippen molar-refractivity contribution in [2.75, 3.05) is 6.61 Å². The molecule has 0 aliphatic carbocycles. The predicted molar refractivity (Wildman–Crippen MR) is 58.3 cm³/mol. The van der Waals surface area contributed by atoms with E-state index in [0.29, 0.717) is 29.4 Å². The maximum absolute atomic E-state index is 11.5. The molecule has 2 aromatic rings. The van der Waals surface area contributed by atoms with Gasteiger partial charge in [-0.25, -0.2) is 4.79 Å². The number of nitrogens with zero attached hydrogens (tertiary/aromatic N) is 2. The van der Waals surface area contributed by atoms with E-state index in [1.54, 1.807) is 25.3 Å². The Morgan fingerprint density at radius 2 is 2.44 bits per heavy atom. The molecule has 2 aromatic heterocycles. The summed E-state index contributed by atoms with van der Waals surface area (Å²) in [4.78, 5) is 11.5. The van der Waals surface area contributed by atoms with Crippen LogP contribution < -0.4 is 0 Å². The lowest BCUT2D eigenvalue weighted by Crippen LogP contribution is -2.04. The molecule has 0 fully saturated rings. The second kappa shape index (κ2) is 4.44. The van der Waals surface area contributed by atoms with E-state index in [1.165, 1.54) is 11.5 Å². The SMILES string of the molecule is CCOC(=O)c1cc(-c2csnn2)oc1C. The van der Waals surface area contributed by atoms with Crippen molar-refractivity contribution in [2.45, 2.75) is 13.8 Å². The van der Waals surface area contributed by atoms with Gasteiger partial charge < -0.3 is 9.15 Å². The molecule has 16 heavy (non-hydrogen) atoms. The molecule has 0 aromatic carbocycles. The highest BCUT2D eigenvalue weighted by Crippen LogP contribution is 2.24. The first kappa shape index (κ1) is 10.8. The second-order valence-corrected chi connectivity index (χ2v) is 3.70. The third-order valence-corrected chi connectivity index (χ3v) is 2.53. The molecule has 0 saturated heterocycles. The van der Waals surface area contributed by atoms with Gasteiger partial charge in [0.25, 0.3) is 0 Å². The normalized spacial score (nSPS) is 10.4. The van der Waals surface area contributed by atoms with Gasteiger partial charge in [0.2, 0.25) is 0 Å². The molecule has 2 heterocycles. The zero-order valence-corrected chi connectivity index (χ0v) is 9.71. The van der Waals surface area contributed by atoms with Crippen LogP contribution in [0.15, 0.2) is 15.9 Å². The van der Waals surface area contributed by atoms with E-state index in [0.717, 1.165) is 0 Å². The van der Waals surface area contributed by atoms with E-state index < -0.39 is 0 Å². The largest absolute Gasteiger partial charge is 0.462 e. The van der Waals surface area contributed by atoms with Crippen LogP contribution in [0.5, 0.6) is 0 Å². The summed E-state index contributed by atoms with van der Waals surface area (Å²) < 4.78 is 14.1. The Balaban J connectivity index is 2.32. The van der Waals surface area contributed by atoms with Crippen LogP contribution in [0.3, 0.4) is 0 Å². The average Bonchev–Trinajstić information content (AvgIpc) is 2.86. The Labute approximate surface area is 96.2 Å². The Morgan fingerprint density at radius 3 is 3.06 bits per heavy atom. The summed E-state index contributed by atoms with van der Waals surface area (Å²) in [6.45, 7) is 3.82. The topological polar surface area (TPSA) is 65.2 Å². The van der Waals surface area contributed by atoms with Crippen molar-refractivity contribution in [3.05, 3.63) is 22.8 Å². The maximum atomic E-state index is 11.5. The van der Waals surface area contributed by atoms with Gasteiger partial charge >= 0.3 is 5.97 Å². The standard InChI is InChI=1S/C10H10N2O3S/c1-3-14-10(13)7-4-9(15-6(7)2)8-5-16-12-11-8/h4-5H,3H2,1-2H3. The fourth-order valence-electron chi connectivity index (χ4n) is 1.29. The van der Waals surface area contributed by atoms with Crippen LogP contribution >= 0.6 is 11.5 Å². The molecule has 2 rings (SSSR count). The first-order chi connectivity index (χ1) is 7.72. The third-order valence-electron chi connectivity index (χ3n) is 2.03. The van der Waals surface area contributed by atoms with Crippen molar-refractivity contribution in [3.8, 4) is 11.5 Å². The van der Waals surface area contributed by atoms with Gasteiger partial charge in [0.15, 0.2) is 5.76 Å². The fraction of sp³-hybridized carbons (Fsp3) is 0.300. The van der Waals surface area contributed by atoms with Crippen molar-refractivity contribution in [3.63, 3.8) is 0 Å². The number of carbonyl (C=O) groups is 1. The summed E-state index contributed by atoms with van der Waals surface area (Å²) in [5, 5.41) is 5.63. The van der Waals surface area contributed by atoms with Gasteiger partial charge in [0.05, 0.1) is 6.61 Å². The number of hydrogen-bond donors (Lipinski definition) is 0. The highest BCUT2D eigenvalue weighted by Gasteiger charge is 2.17. The fourth-order valence-corrected chi connectivity index (χ4v) is 1.74. The molecule has 0 amide bonds. The summed E-state index contributed by atoms with van der Waals surface area (Å²) in [6, 6.07) is 1.63. The highest BCUT2D eigenvalue weighted by molar-refractivity contribution is 7.03. The van der Waals surface area contributed by atoms with Crippen LogP contribution in [0.2, 0.25) is 0 Å². The quantitative estimate of drug-likeness (QED) is 0.767. The van der Waals surface area contributed by atoms with Gasteiger partial charge in [0, 0.05) is 11.4 Å². The predicted octanol–water partition coefficient (Wildman–Crippen LogP) is 2.28. The molecule has 0 atom stereocenters. The van der Waals surface area contributed by atoms with Crippen LogP contribution in [-0.2, 0) is 4.74 Å². The molecule has 6 heteroatoms. The second-order valence-electron chi connectivity index (χ2n) is 3.09. The summed E-state index contributed by atoms with van der Waals surface area (Å²) in [7, 11) is 0. The molecule has 0 spiro atoms.